The van der Waals surface area contributed by atoms with E-state index in [-0.39, 0.29) is 28.6 Å². The van der Waals surface area contributed by atoms with E-state index in [1.54, 1.807) is 13.0 Å². The molecule has 2 aliphatic rings. The van der Waals surface area contributed by atoms with E-state index in [1.807, 2.05) is 0 Å². The number of rotatable bonds is 7. The highest BCUT2D eigenvalue weighted by Crippen LogP contribution is 2.22. The Balaban J connectivity index is 1.98. The largest absolute Gasteiger partial charge is 0.434 e. The Bertz CT molecular complexity index is 810. The number of amides is 3. The van der Waals surface area contributed by atoms with Gasteiger partial charge in [-0.25, -0.2) is 0 Å². The zero-order chi connectivity index (χ0) is 22.4. The van der Waals surface area contributed by atoms with Crippen molar-refractivity contribution >= 4 is 46.9 Å². The van der Waals surface area contributed by atoms with Crippen molar-refractivity contribution in [2.24, 2.45) is 0 Å². The minimum Gasteiger partial charge on any atom is -0.434 e. The number of halogens is 2. The number of aliphatic hydroxyl groups excluding tert-OH is 1. The monoisotopic (exact) mass is 459 g/mol. The zero-order valence-electron chi connectivity index (χ0n) is 16.3. The molecule has 9 nitrogen and oxygen atoms in total. The molecule has 0 radical (unpaired) electrons. The van der Waals surface area contributed by atoms with Crippen LogP contribution >= 0.6 is 23.2 Å². The van der Waals surface area contributed by atoms with Crippen molar-refractivity contribution in [1.82, 2.24) is 15.5 Å². The smallest absolute Gasteiger partial charge is 0.310 e. The van der Waals surface area contributed by atoms with Gasteiger partial charge in [-0.2, -0.15) is 0 Å². The summed E-state index contributed by atoms with van der Waals surface area (Å²) in [5.74, 6) is -2.25. The number of nitrogens with one attached hydrogen (secondary N) is 2. The van der Waals surface area contributed by atoms with Crippen LogP contribution in [0.2, 0.25) is 0 Å². The minimum atomic E-state index is -1.41. The van der Waals surface area contributed by atoms with Crippen molar-refractivity contribution in [2.45, 2.75) is 44.6 Å². The van der Waals surface area contributed by atoms with Crippen LogP contribution in [0.3, 0.4) is 0 Å². The van der Waals surface area contributed by atoms with Crippen LogP contribution < -0.4 is 10.6 Å². The summed E-state index contributed by atoms with van der Waals surface area (Å²) in [7, 11) is 0. The molecule has 30 heavy (non-hydrogen) atoms. The average Bonchev–Trinajstić information content (AvgIpc) is 3.26. The maximum atomic E-state index is 12.6. The molecule has 164 valence electrons. The number of carbonyl (C=O) groups excluding carboxylic acids is 4. The van der Waals surface area contributed by atoms with E-state index in [9.17, 15) is 24.3 Å². The lowest BCUT2D eigenvalue weighted by atomic mass is 10.1. The number of carbonyl (C=O) groups is 4. The maximum Gasteiger partial charge on any atom is 0.310 e. The van der Waals surface area contributed by atoms with Crippen LogP contribution in [0, 0.1) is 0 Å². The van der Waals surface area contributed by atoms with E-state index >= 15 is 0 Å². The normalized spacial score (nSPS) is 24.5. The van der Waals surface area contributed by atoms with Gasteiger partial charge in [-0.1, -0.05) is 35.9 Å². The molecule has 0 unspecified atom stereocenters. The second-order valence-electron chi connectivity index (χ2n) is 6.76. The number of cyclic esters (lactones) is 1. The first-order valence-electron chi connectivity index (χ1n) is 9.28. The fraction of sp³-hybridized carbons (Fsp3) is 0.474. The number of ether oxygens (including phenoxy) is 1. The van der Waals surface area contributed by atoms with E-state index in [1.165, 1.54) is 11.0 Å². The predicted octanol–water partition coefficient (Wildman–Crippen LogP) is 0.665. The van der Waals surface area contributed by atoms with Gasteiger partial charge in [0.25, 0.3) is 5.91 Å². The van der Waals surface area contributed by atoms with Gasteiger partial charge in [0.2, 0.25) is 18.1 Å². The van der Waals surface area contributed by atoms with Gasteiger partial charge in [-0.15, -0.1) is 0 Å². The molecule has 2 fully saturated rings. The van der Waals surface area contributed by atoms with Gasteiger partial charge in [0.15, 0.2) is 0 Å². The van der Waals surface area contributed by atoms with Crippen LogP contribution in [0.1, 0.15) is 26.2 Å². The minimum absolute atomic E-state index is 0.0557. The number of hydrogen-bond acceptors (Lipinski definition) is 6. The summed E-state index contributed by atoms with van der Waals surface area (Å²) >= 11 is 11.9. The summed E-state index contributed by atoms with van der Waals surface area (Å²) in [5.41, 5.74) is -0.0557. The third kappa shape index (κ3) is 5.84. The average molecular weight is 460 g/mol. The molecule has 11 heteroatoms. The second-order valence-corrected chi connectivity index (χ2v) is 7.62. The number of nitrogens with zero attached hydrogens (tertiary/aromatic N) is 1. The van der Waals surface area contributed by atoms with Gasteiger partial charge in [-0.05, 0) is 25.8 Å². The third-order valence-corrected chi connectivity index (χ3v) is 5.14. The molecule has 2 aliphatic heterocycles. The Morgan fingerprint density at radius 1 is 1.37 bits per heavy atom. The van der Waals surface area contributed by atoms with Gasteiger partial charge in [0.05, 0.1) is 23.6 Å². The first-order valence-corrected chi connectivity index (χ1v) is 10.0. The quantitative estimate of drug-likeness (QED) is 0.291. The first-order chi connectivity index (χ1) is 14.1. The Morgan fingerprint density at radius 3 is 2.63 bits per heavy atom. The molecule has 0 aromatic rings. The number of hydrogen-bond donors (Lipinski definition) is 3. The van der Waals surface area contributed by atoms with Crippen molar-refractivity contribution in [3.8, 4) is 0 Å². The fourth-order valence-electron chi connectivity index (χ4n) is 3.22. The third-order valence-electron chi connectivity index (χ3n) is 4.64. The van der Waals surface area contributed by atoms with Crippen LogP contribution in [-0.2, 0) is 23.9 Å². The van der Waals surface area contributed by atoms with Gasteiger partial charge < -0.3 is 25.4 Å². The van der Waals surface area contributed by atoms with Crippen molar-refractivity contribution in [1.29, 1.82) is 0 Å². The van der Waals surface area contributed by atoms with Crippen LogP contribution in [0.4, 0.5) is 0 Å². The van der Waals surface area contributed by atoms with Gasteiger partial charge >= 0.3 is 5.97 Å². The summed E-state index contributed by atoms with van der Waals surface area (Å²) in [6.07, 6.45) is 2.54. The van der Waals surface area contributed by atoms with Crippen molar-refractivity contribution in [3.05, 3.63) is 34.4 Å². The highest BCUT2D eigenvalue weighted by Gasteiger charge is 2.39. The first kappa shape index (κ1) is 23.9. The maximum absolute atomic E-state index is 12.6. The Morgan fingerprint density at radius 2 is 2.07 bits per heavy atom. The van der Waals surface area contributed by atoms with Crippen LogP contribution in [0.25, 0.3) is 0 Å². The molecule has 2 rings (SSSR count). The molecule has 3 amide bonds. The number of aliphatic hydroxyl groups is 1. The Kier molecular flexibility index (Phi) is 8.45. The molecule has 0 spiro atoms. The molecule has 0 saturated carbocycles. The van der Waals surface area contributed by atoms with Crippen LogP contribution in [0.5, 0.6) is 0 Å². The fourth-order valence-corrected chi connectivity index (χ4v) is 3.78. The summed E-state index contributed by atoms with van der Waals surface area (Å²) in [5, 5.41) is 14.6. The van der Waals surface area contributed by atoms with E-state index in [2.05, 4.69) is 21.9 Å². The number of likely N-dealkylation sites (tertiary alicyclic amines) is 1. The highest BCUT2D eigenvalue weighted by molar-refractivity contribution is 6.40. The van der Waals surface area contributed by atoms with Crippen molar-refractivity contribution in [2.75, 3.05) is 13.1 Å². The molecular weight excluding hydrogens is 437 g/mol. The van der Waals surface area contributed by atoms with Crippen molar-refractivity contribution in [3.63, 3.8) is 0 Å². The lowest BCUT2D eigenvalue weighted by molar-refractivity contribution is -0.155. The molecular formula is C19H23Cl2N3O6. The van der Waals surface area contributed by atoms with E-state index < -0.39 is 42.1 Å². The van der Waals surface area contributed by atoms with E-state index in [0.717, 1.165) is 0 Å². The molecule has 0 aromatic heterocycles. The predicted molar refractivity (Wildman–Crippen MR) is 109 cm³/mol. The molecule has 3 N–H and O–H groups in total. The molecule has 2 heterocycles. The lowest BCUT2D eigenvalue weighted by Crippen LogP contribution is -2.52. The van der Waals surface area contributed by atoms with Crippen LogP contribution in [0.15, 0.2) is 34.4 Å². The molecule has 0 bridgehead atoms. The zero-order valence-corrected chi connectivity index (χ0v) is 17.8. The molecule has 0 aromatic carbocycles. The van der Waals surface area contributed by atoms with Gasteiger partial charge in [0, 0.05) is 11.6 Å². The lowest BCUT2D eigenvalue weighted by Gasteiger charge is -2.25. The standard InChI is InChI=1S/C19H23Cl2N3O6/c1-3-5-11(21)16(10(2)20)18(28)22-9-14(25)24-7-4-6-13(24)17(27)23-12-8-15(26)30-19(12)29/h3,5,12-13,19,29H,2,4,6-9H2,1H3,(H,22,28)(H,23,27)/b5-3-,16-11-/t12-,13-,19+/m0/s1. The Labute approximate surface area is 183 Å². The summed E-state index contributed by atoms with van der Waals surface area (Å²) in [6, 6.07) is -1.64. The summed E-state index contributed by atoms with van der Waals surface area (Å²) in [6.45, 7) is 5.18. The molecule has 3 atom stereocenters. The Hall–Kier alpha value is -2.36. The van der Waals surface area contributed by atoms with E-state index in [4.69, 9.17) is 23.2 Å². The number of esters is 1. The molecule has 0 aliphatic carbocycles. The highest BCUT2D eigenvalue weighted by atomic mass is 35.5. The van der Waals surface area contributed by atoms with Gasteiger partial charge in [0.1, 0.15) is 12.1 Å². The second kappa shape index (κ2) is 10.6. The van der Waals surface area contributed by atoms with E-state index in [0.29, 0.717) is 19.4 Å². The van der Waals surface area contributed by atoms with Crippen LogP contribution in [-0.4, -0.2) is 65.2 Å². The summed E-state index contributed by atoms with van der Waals surface area (Å²) < 4.78 is 4.59. The van der Waals surface area contributed by atoms with Crippen molar-refractivity contribution < 1.29 is 29.0 Å². The summed E-state index contributed by atoms with van der Waals surface area (Å²) in [4.78, 5) is 50.0. The number of allylic oxidation sites excluding steroid dienone is 3. The SMILES string of the molecule is C=C(Cl)/C(C(=O)NCC(=O)N1CCC[C@H]1C(=O)N[C@H]1CC(=O)O[C@H]1O)=C(Cl)\C=C/C. The molecule has 2 saturated heterocycles. The van der Waals surface area contributed by atoms with Gasteiger partial charge in [-0.3, -0.25) is 19.2 Å². The topological polar surface area (TPSA) is 125 Å².